The molecule has 28 heavy (non-hydrogen) atoms. The Hall–Kier alpha value is -1.42. The number of rotatable bonds is 11. The standard InChI is InChI=1S/C19H29N3O4S2/c1-6-26-9-7-8-22-18(24)16-13(3)14(4)28-17(16)21-19(22)27-11-15(23)20-12(2)10-25-5/h12H,6-11H2,1-5H3,(H,20,23)/t12-/m1/s1. The van der Waals surface area contributed by atoms with E-state index < -0.39 is 0 Å². The molecule has 0 saturated carbocycles. The summed E-state index contributed by atoms with van der Waals surface area (Å²) in [5, 5.41) is 4.13. The van der Waals surface area contributed by atoms with Crippen LogP contribution in [0.2, 0.25) is 0 Å². The lowest BCUT2D eigenvalue weighted by molar-refractivity contribution is -0.119. The number of aromatic nitrogens is 2. The molecule has 1 atom stereocenters. The number of fused-ring (bicyclic) bond motifs is 1. The lowest BCUT2D eigenvalue weighted by Gasteiger charge is -2.14. The van der Waals surface area contributed by atoms with Gasteiger partial charge in [0.15, 0.2) is 5.16 Å². The summed E-state index contributed by atoms with van der Waals surface area (Å²) >= 11 is 2.81. The number of carbonyl (C=O) groups is 1. The van der Waals surface area contributed by atoms with Gasteiger partial charge in [-0.3, -0.25) is 14.2 Å². The second-order valence-electron chi connectivity index (χ2n) is 6.58. The van der Waals surface area contributed by atoms with Crippen LogP contribution in [-0.2, 0) is 20.8 Å². The number of methoxy groups -OCH3 is 1. The third-order valence-electron chi connectivity index (χ3n) is 4.28. The maximum atomic E-state index is 13.1. The molecule has 0 spiro atoms. The molecule has 2 rings (SSSR count). The normalized spacial score (nSPS) is 12.5. The molecule has 2 heterocycles. The number of thiophene rings is 1. The SMILES string of the molecule is CCOCCCn1c(SCC(=O)N[C@H](C)COC)nc2sc(C)c(C)c2c1=O. The topological polar surface area (TPSA) is 82.4 Å². The summed E-state index contributed by atoms with van der Waals surface area (Å²) in [5.41, 5.74) is 0.942. The van der Waals surface area contributed by atoms with Gasteiger partial charge in [-0.2, -0.15) is 0 Å². The van der Waals surface area contributed by atoms with Crippen molar-refractivity contribution in [2.75, 3.05) is 32.7 Å². The van der Waals surface area contributed by atoms with Crippen molar-refractivity contribution in [3.8, 4) is 0 Å². The zero-order valence-electron chi connectivity index (χ0n) is 17.2. The Balaban J connectivity index is 2.24. The third-order valence-corrected chi connectivity index (χ3v) is 6.36. The van der Waals surface area contributed by atoms with Gasteiger partial charge in [0.25, 0.3) is 5.56 Å². The molecule has 0 aromatic carbocycles. The van der Waals surface area contributed by atoms with Crippen LogP contribution in [-0.4, -0.2) is 54.2 Å². The first-order chi connectivity index (χ1) is 13.4. The molecule has 7 nitrogen and oxygen atoms in total. The molecule has 0 saturated heterocycles. The van der Waals surface area contributed by atoms with Gasteiger partial charge in [-0.25, -0.2) is 4.98 Å². The maximum absolute atomic E-state index is 13.1. The average Bonchev–Trinajstić information content (AvgIpc) is 2.93. The van der Waals surface area contributed by atoms with Crippen LogP contribution in [0.15, 0.2) is 9.95 Å². The van der Waals surface area contributed by atoms with E-state index in [1.165, 1.54) is 23.1 Å². The quantitative estimate of drug-likeness (QED) is 0.337. The molecule has 0 aliphatic carbocycles. The van der Waals surface area contributed by atoms with E-state index in [1.807, 2.05) is 27.7 Å². The van der Waals surface area contributed by atoms with Crippen LogP contribution in [0.25, 0.3) is 10.2 Å². The highest BCUT2D eigenvalue weighted by molar-refractivity contribution is 7.99. The number of carbonyl (C=O) groups excluding carboxylic acids is 1. The van der Waals surface area contributed by atoms with Gasteiger partial charge in [0.1, 0.15) is 4.83 Å². The highest BCUT2D eigenvalue weighted by atomic mass is 32.2. The molecular formula is C19H29N3O4S2. The predicted molar refractivity (Wildman–Crippen MR) is 115 cm³/mol. The van der Waals surface area contributed by atoms with Crippen molar-refractivity contribution in [3.05, 3.63) is 20.8 Å². The smallest absolute Gasteiger partial charge is 0.263 e. The summed E-state index contributed by atoms with van der Waals surface area (Å²) in [6.07, 6.45) is 0.716. The second kappa shape index (κ2) is 10.9. The molecule has 1 N–H and O–H groups in total. The number of amides is 1. The highest BCUT2D eigenvalue weighted by Gasteiger charge is 2.18. The minimum Gasteiger partial charge on any atom is -0.383 e. The van der Waals surface area contributed by atoms with Crippen molar-refractivity contribution in [2.24, 2.45) is 0 Å². The Labute approximate surface area is 173 Å². The molecule has 156 valence electrons. The van der Waals surface area contributed by atoms with E-state index in [1.54, 1.807) is 11.7 Å². The van der Waals surface area contributed by atoms with E-state index in [9.17, 15) is 9.59 Å². The maximum Gasteiger partial charge on any atom is 0.263 e. The summed E-state index contributed by atoms with van der Waals surface area (Å²) in [6.45, 7) is 9.99. The van der Waals surface area contributed by atoms with E-state index in [0.717, 1.165) is 15.3 Å². The van der Waals surface area contributed by atoms with Crippen LogP contribution in [0.4, 0.5) is 0 Å². The first-order valence-corrected chi connectivity index (χ1v) is 11.2. The largest absolute Gasteiger partial charge is 0.383 e. The van der Waals surface area contributed by atoms with Crippen LogP contribution < -0.4 is 10.9 Å². The molecule has 9 heteroatoms. The first kappa shape index (κ1) is 22.9. The number of ether oxygens (including phenoxy) is 2. The average molecular weight is 428 g/mol. The van der Waals surface area contributed by atoms with Gasteiger partial charge >= 0.3 is 0 Å². The number of hydrogen-bond donors (Lipinski definition) is 1. The summed E-state index contributed by atoms with van der Waals surface area (Å²) in [7, 11) is 1.60. The van der Waals surface area contributed by atoms with E-state index in [2.05, 4.69) is 5.32 Å². The molecule has 0 radical (unpaired) electrons. The Morgan fingerprint density at radius 1 is 1.39 bits per heavy atom. The predicted octanol–water partition coefficient (Wildman–Crippen LogP) is 2.74. The highest BCUT2D eigenvalue weighted by Crippen LogP contribution is 2.28. The number of hydrogen-bond acceptors (Lipinski definition) is 7. The molecule has 1 amide bonds. The number of thioether (sulfide) groups is 1. The van der Waals surface area contributed by atoms with Crippen LogP contribution in [0, 0.1) is 13.8 Å². The molecule has 2 aromatic heterocycles. The fourth-order valence-corrected chi connectivity index (χ4v) is 4.73. The van der Waals surface area contributed by atoms with Crippen molar-refractivity contribution >= 4 is 39.2 Å². The molecule has 2 aromatic rings. The number of nitrogens with one attached hydrogen (secondary N) is 1. The van der Waals surface area contributed by atoms with Crippen molar-refractivity contribution in [1.29, 1.82) is 0 Å². The van der Waals surface area contributed by atoms with Crippen molar-refractivity contribution in [1.82, 2.24) is 14.9 Å². The first-order valence-electron chi connectivity index (χ1n) is 9.38. The van der Waals surface area contributed by atoms with Crippen LogP contribution in [0.1, 0.15) is 30.7 Å². The Morgan fingerprint density at radius 2 is 2.14 bits per heavy atom. The van der Waals surface area contributed by atoms with E-state index in [4.69, 9.17) is 14.5 Å². The Kier molecular flexibility index (Phi) is 8.94. The molecule has 0 unspecified atom stereocenters. The fraction of sp³-hybridized carbons (Fsp3) is 0.632. The van der Waals surface area contributed by atoms with E-state index >= 15 is 0 Å². The zero-order valence-corrected chi connectivity index (χ0v) is 18.8. The zero-order chi connectivity index (χ0) is 20.7. The number of aryl methyl sites for hydroxylation is 2. The van der Waals surface area contributed by atoms with Crippen LogP contribution in [0.5, 0.6) is 0 Å². The van der Waals surface area contributed by atoms with Crippen molar-refractivity contribution in [3.63, 3.8) is 0 Å². The number of nitrogens with zero attached hydrogens (tertiary/aromatic N) is 2. The van der Waals surface area contributed by atoms with Gasteiger partial charge in [0, 0.05) is 37.8 Å². The van der Waals surface area contributed by atoms with Crippen LogP contribution in [0.3, 0.4) is 0 Å². The molecule has 0 bridgehead atoms. The summed E-state index contributed by atoms with van der Waals surface area (Å²) in [5.74, 6) is 0.0872. The minimum atomic E-state index is -0.108. The van der Waals surface area contributed by atoms with Gasteiger partial charge in [0.05, 0.1) is 17.7 Å². The third kappa shape index (κ3) is 5.79. The molecule has 0 fully saturated rings. The fourth-order valence-electron chi connectivity index (χ4n) is 2.82. The minimum absolute atomic E-state index is 0.0426. The van der Waals surface area contributed by atoms with Gasteiger partial charge in [-0.15, -0.1) is 11.3 Å². The summed E-state index contributed by atoms with van der Waals surface area (Å²) in [4.78, 5) is 31.8. The van der Waals surface area contributed by atoms with E-state index in [0.29, 0.717) is 43.3 Å². The van der Waals surface area contributed by atoms with Crippen molar-refractivity contribution in [2.45, 2.75) is 51.9 Å². The summed E-state index contributed by atoms with van der Waals surface area (Å²) < 4.78 is 12.1. The molecular weight excluding hydrogens is 398 g/mol. The summed E-state index contributed by atoms with van der Waals surface area (Å²) in [6, 6.07) is -0.0653. The second-order valence-corrected chi connectivity index (χ2v) is 8.72. The van der Waals surface area contributed by atoms with Crippen LogP contribution >= 0.6 is 23.1 Å². The van der Waals surface area contributed by atoms with Gasteiger partial charge in [0.2, 0.25) is 5.91 Å². The van der Waals surface area contributed by atoms with Crippen molar-refractivity contribution < 1.29 is 14.3 Å². The molecule has 0 aliphatic rings. The monoisotopic (exact) mass is 427 g/mol. The van der Waals surface area contributed by atoms with Gasteiger partial charge in [-0.05, 0) is 39.7 Å². The lowest BCUT2D eigenvalue weighted by atomic mass is 10.2. The molecule has 0 aliphatic heterocycles. The Morgan fingerprint density at radius 3 is 2.82 bits per heavy atom. The van der Waals surface area contributed by atoms with E-state index in [-0.39, 0.29) is 23.3 Å². The van der Waals surface area contributed by atoms with Gasteiger partial charge in [-0.1, -0.05) is 11.8 Å². The lowest BCUT2D eigenvalue weighted by Crippen LogP contribution is -2.36. The van der Waals surface area contributed by atoms with Gasteiger partial charge < -0.3 is 14.8 Å². The Bertz CT molecular complexity index is 863.